The van der Waals surface area contributed by atoms with Crippen molar-refractivity contribution in [2.45, 2.75) is 11.8 Å². The summed E-state index contributed by atoms with van der Waals surface area (Å²) in [5, 5.41) is 9.59. The fourth-order valence-corrected chi connectivity index (χ4v) is 2.22. The molecule has 0 fully saturated rings. The predicted octanol–water partition coefficient (Wildman–Crippen LogP) is 1.41. The molecule has 1 aromatic carbocycles. The lowest BCUT2D eigenvalue weighted by Gasteiger charge is -2.07. The molecule has 0 atom stereocenters. The van der Waals surface area contributed by atoms with Crippen molar-refractivity contribution >= 4 is 25.7 Å². The van der Waals surface area contributed by atoms with Crippen LogP contribution in [0.1, 0.15) is 15.9 Å². The van der Waals surface area contributed by atoms with E-state index in [9.17, 15) is 18.3 Å². The van der Waals surface area contributed by atoms with Gasteiger partial charge in [0, 0.05) is 10.7 Å². The first-order chi connectivity index (χ1) is 7.27. The number of phenols is 1. The molecule has 0 aromatic heterocycles. The first-order valence-electron chi connectivity index (χ1n) is 4.14. The first-order valence-corrected chi connectivity index (χ1v) is 6.45. The van der Waals surface area contributed by atoms with Gasteiger partial charge in [-0.1, -0.05) is 0 Å². The zero-order chi connectivity index (χ0) is 12.5. The quantitative estimate of drug-likeness (QED) is 0.645. The van der Waals surface area contributed by atoms with Gasteiger partial charge >= 0.3 is 5.97 Å². The molecule has 0 aliphatic carbocycles. The molecular formula is C9H9ClO5S. The third-order valence-corrected chi connectivity index (χ3v) is 3.22. The molecule has 0 unspecified atom stereocenters. The maximum absolute atomic E-state index is 11.2. The summed E-state index contributed by atoms with van der Waals surface area (Å²) in [5.41, 5.74) is 0.235. The molecule has 1 rings (SSSR count). The Balaban J connectivity index is 3.56. The normalized spacial score (nSPS) is 11.2. The second-order valence-corrected chi connectivity index (χ2v) is 5.62. The standard InChI is InChI=1S/C9H9ClO5S/c1-5-3-6(9(12)15-2)8(11)7(4-5)16(10,13)14/h3-4,11H,1-2H3. The average Bonchev–Trinajstić information content (AvgIpc) is 2.18. The van der Waals surface area contributed by atoms with Gasteiger partial charge in [-0.3, -0.25) is 0 Å². The number of hydrogen-bond donors (Lipinski definition) is 1. The Morgan fingerprint density at radius 2 is 2.00 bits per heavy atom. The number of halogens is 1. The lowest BCUT2D eigenvalue weighted by atomic mass is 10.1. The van der Waals surface area contributed by atoms with Crippen LogP contribution in [0.3, 0.4) is 0 Å². The van der Waals surface area contributed by atoms with E-state index in [4.69, 9.17) is 10.7 Å². The highest BCUT2D eigenvalue weighted by Crippen LogP contribution is 2.31. The third-order valence-electron chi connectivity index (χ3n) is 1.89. The maximum Gasteiger partial charge on any atom is 0.341 e. The topological polar surface area (TPSA) is 80.7 Å². The van der Waals surface area contributed by atoms with E-state index in [1.165, 1.54) is 12.1 Å². The van der Waals surface area contributed by atoms with E-state index in [0.29, 0.717) is 5.56 Å². The van der Waals surface area contributed by atoms with Crippen LogP contribution < -0.4 is 0 Å². The van der Waals surface area contributed by atoms with E-state index in [1.807, 2.05) is 0 Å². The van der Waals surface area contributed by atoms with E-state index < -0.39 is 25.7 Å². The second-order valence-electron chi connectivity index (χ2n) is 3.09. The molecule has 16 heavy (non-hydrogen) atoms. The summed E-state index contributed by atoms with van der Waals surface area (Å²) >= 11 is 0. The van der Waals surface area contributed by atoms with Crippen molar-refractivity contribution in [3.8, 4) is 5.75 Å². The van der Waals surface area contributed by atoms with Crippen LogP contribution in [-0.4, -0.2) is 26.6 Å². The Morgan fingerprint density at radius 1 is 1.44 bits per heavy atom. The number of aryl methyl sites for hydroxylation is 1. The van der Waals surface area contributed by atoms with E-state index in [0.717, 1.165) is 7.11 Å². The van der Waals surface area contributed by atoms with Crippen molar-refractivity contribution < 1.29 is 23.1 Å². The largest absolute Gasteiger partial charge is 0.506 e. The summed E-state index contributed by atoms with van der Waals surface area (Å²) in [6.07, 6.45) is 0. The van der Waals surface area contributed by atoms with E-state index in [-0.39, 0.29) is 5.56 Å². The third kappa shape index (κ3) is 2.45. The van der Waals surface area contributed by atoms with Gasteiger partial charge in [0.2, 0.25) is 0 Å². The van der Waals surface area contributed by atoms with Crippen molar-refractivity contribution in [1.82, 2.24) is 0 Å². The maximum atomic E-state index is 11.2. The Hall–Kier alpha value is -1.27. The van der Waals surface area contributed by atoms with Crippen LogP contribution in [0.5, 0.6) is 5.75 Å². The molecular weight excluding hydrogens is 256 g/mol. The van der Waals surface area contributed by atoms with Gasteiger partial charge < -0.3 is 9.84 Å². The molecule has 0 heterocycles. The number of carbonyl (C=O) groups is 1. The monoisotopic (exact) mass is 264 g/mol. The van der Waals surface area contributed by atoms with Gasteiger partial charge in [-0.15, -0.1) is 0 Å². The summed E-state index contributed by atoms with van der Waals surface area (Å²) in [5.74, 6) is -1.53. The molecule has 7 heteroatoms. The van der Waals surface area contributed by atoms with Gasteiger partial charge in [-0.25, -0.2) is 13.2 Å². The Kier molecular flexibility index (Phi) is 3.44. The lowest BCUT2D eigenvalue weighted by Crippen LogP contribution is -2.05. The molecule has 1 N–H and O–H groups in total. The smallest absolute Gasteiger partial charge is 0.341 e. The van der Waals surface area contributed by atoms with Crippen LogP contribution in [0.2, 0.25) is 0 Å². The number of carbonyl (C=O) groups excluding carboxylic acids is 1. The summed E-state index contributed by atoms with van der Waals surface area (Å²) < 4.78 is 26.6. The molecule has 0 amide bonds. The highest BCUT2D eigenvalue weighted by atomic mass is 35.7. The zero-order valence-corrected chi connectivity index (χ0v) is 10.1. The highest BCUT2D eigenvalue weighted by molar-refractivity contribution is 8.13. The predicted molar refractivity (Wildman–Crippen MR) is 57.2 cm³/mol. The van der Waals surface area contributed by atoms with Crippen LogP contribution in [-0.2, 0) is 13.8 Å². The summed E-state index contributed by atoms with van der Waals surface area (Å²) in [4.78, 5) is 10.7. The number of hydrogen-bond acceptors (Lipinski definition) is 5. The fourth-order valence-electron chi connectivity index (χ4n) is 1.20. The number of ether oxygens (including phenoxy) is 1. The Morgan fingerprint density at radius 3 is 2.44 bits per heavy atom. The molecule has 0 aliphatic rings. The van der Waals surface area contributed by atoms with Crippen molar-refractivity contribution in [3.05, 3.63) is 23.3 Å². The second kappa shape index (κ2) is 4.31. The summed E-state index contributed by atoms with van der Waals surface area (Å²) in [6, 6.07) is 2.48. The lowest BCUT2D eigenvalue weighted by molar-refractivity contribution is 0.0597. The number of phenolic OH excluding ortho intramolecular Hbond substituents is 1. The number of esters is 1. The van der Waals surface area contributed by atoms with Crippen LogP contribution in [0, 0.1) is 6.92 Å². The number of methoxy groups -OCH3 is 1. The number of aromatic hydroxyl groups is 1. The van der Waals surface area contributed by atoms with Crippen molar-refractivity contribution in [1.29, 1.82) is 0 Å². The highest BCUT2D eigenvalue weighted by Gasteiger charge is 2.22. The minimum atomic E-state index is -4.11. The van der Waals surface area contributed by atoms with Gasteiger partial charge in [0.05, 0.1) is 7.11 Å². The minimum Gasteiger partial charge on any atom is -0.506 e. The van der Waals surface area contributed by atoms with E-state index in [1.54, 1.807) is 6.92 Å². The molecule has 0 radical (unpaired) electrons. The van der Waals surface area contributed by atoms with Gasteiger partial charge in [0.15, 0.2) is 0 Å². The van der Waals surface area contributed by atoms with Crippen molar-refractivity contribution in [2.24, 2.45) is 0 Å². The molecule has 0 spiro atoms. The van der Waals surface area contributed by atoms with Crippen molar-refractivity contribution in [3.63, 3.8) is 0 Å². The van der Waals surface area contributed by atoms with Crippen molar-refractivity contribution in [2.75, 3.05) is 7.11 Å². The molecule has 5 nitrogen and oxygen atoms in total. The van der Waals surface area contributed by atoms with Crippen LogP contribution in [0.4, 0.5) is 0 Å². The van der Waals surface area contributed by atoms with Crippen LogP contribution in [0.25, 0.3) is 0 Å². The van der Waals surface area contributed by atoms with E-state index in [2.05, 4.69) is 4.74 Å². The van der Waals surface area contributed by atoms with Crippen LogP contribution >= 0.6 is 10.7 Å². The minimum absolute atomic E-state index is 0.235. The average molecular weight is 265 g/mol. The first kappa shape index (κ1) is 12.8. The molecule has 1 aromatic rings. The van der Waals surface area contributed by atoms with Crippen LogP contribution in [0.15, 0.2) is 17.0 Å². The van der Waals surface area contributed by atoms with Gasteiger partial charge in [-0.2, -0.15) is 0 Å². The molecule has 88 valence electrons. The van der Waals surface area contributed by atoms with Gasteiger partial charge in [-0.05, 0) is 24.6 Å². The molecule has 0 saturated heterocycles. The number of benzene rings is 1. The Labute approximate surface area is 97.0 Å². The SMILES string of the molecule is COC(=O)c1cc(C)cc(S(=O)(=O)Cl)c1O. The fraction of sp³-hybridized carbons (Fsp3) is 0.222. The summed E-state index contributed by atoms with van der Waals surface area (Å²) in [7, 11) is 2.13. The summed E-state index contributed by atoms with van der Waals surface area (Å²) in [6.45, 7) is 1.57. The molecule has 0 saturated carbocycles. The van der Waals surface area contributed by atoms with E-state index >= 15 is 0 Å². The van der Waals surface area contributed by atoms with Gasteiger partial charge in [0.25, 0.3) is 9.05 Å². The zero-order valence-electron chi connectivity index (χ0n) is 8.52. The number of rotatable bonds is 2. The molecule has 0 aliphatic heterocycles. The van der Waals surface area contributed by atoms with Gasteiger partial charge in [0.1, 0.15) is 16.2 Å². The molecule has 0 bridgehead atoms. The Bertz CT molecular complexity index is 535.